The molecular formula is C25H26N2O7. The first-order valence-electron chi connectivity index (χ1n) is 11.6. The van der Waals surface area contributed by atoms with E-state index in [1.807, 2.05) is 0 Å². The molecule has 0 aromatic heterocycles. The second kappa shape index (κ2) is 9.24. The van der Waals surface area contributed by atoms with E-state index in [1.54, 1.807) is 34.1 Å². The summed E-state index contributed by atoms with van der Waals surface area (Å²) >= 11 is 0. The van der Waals surface area contributed by atoms with E-state index in [0.717, 1.165) is 31.2 Å². The van der Waals surface area contributed by atoms with E-state index in [0.29, 0.717) is 31.9 Å². The normalized spacial score (nSPS) is 19.5. The molecule has 178 valence electrons. The summed E-state index contributed by atoms with van der Waals surface area (Å²) in [7, 11) is 0. The number of Topliss-reactive ketones (excluding diaryl/α,β-unsaturated/α-hetero) is 1. The minimum Gasteiger partial charge on any atom is -0.507 e. The molecule has 3 heterocycles. The maximum Gasteiger partial charge on any atom is 0.415 e. The van der Waals surface area contributed by atoms with Crippen LogP contribution >= 0.6 is 0 Å². The molecule has 0 saturated carbocycles. The number of carbonyl (C=O) groups excluding carboxylic acids is 3. The fourth-order valence-corrected chi connectivity index (χ4v) is 4.54. The summed E-state index contributed by atoms with van der Waals surface area (Å²) in [6, 6.07) is 9.53. The first kappa shape index (κ1) is 22.1. The van der Waals surface area contributed by atoms with Gasteiger partial charge in [-0.2, -0.15) is 0 Å². The molecule has 34 heavy (non-hydrogen) atoms. The van der Waals surface area contributed by atoms with E-state index in [9.17, 15) is 19.5 Å². The van der Waals surface area contributed by atoms with Gasteiger partial charge in [-0.25, -0.2) is 9.59 Å². The molecule has 1 N–H and O–H groups in total. The molecule has 1 atom stereocenters. The highest BCUT2D eigenvalue weighted by molar-refractivity contribution is 6.02. The van der Waals surface area contributed by atoms with Crippen LogP contribution in [0, 0.1) is 0 Å². The van der Waals surface area contributed by atoms with Crippen LogP contribution < -0.4 is 14.2 Å². The average Bonchev–Trinajstić information content (AvgIpc) is 3.53. The van der Waals surface area contributed by atoms with Gasteiger partial charge >= 0.3 is 12.2 Å². The summed E-state index contributed by atoms with van der Waals surface area (Å²) in [5, 5.41) is 10.4. The summed E-state index contributed by atoms with van der Waals surface area (Å²) in [5.41, 5.74) is 0.798. The molecule has 9 heteroatoms. The molecule has 3 aliphatic heterocycles. The van der Waals surface area contributed by atoms with Crippen LogP contribution in [0.25, 0.3) is 0 Å². The van der Waals surface area contributed by atoms with Crippen molar-refractivity contribution in [1.82, 2.24) is 9.80 Å². The van der Waals surface area contributed by atoms with Crippen LogP contribution in [0.2, 0.25) is 0 Å². The third kappa shape index (κ3) is 4.50. The van der Waals surface area contributed by atoms with Gasteiger partial charge in [0.1, 0.15) is 34.7 Å². The van der Waals surface area contributed by atoms with E-state index in [-0.39, 0.29) is 41.1 Å². The lowest BCUT2D eigenvalue weighted by molar-refractivity contribution is 0.0845. The van der Waals surface area contributed by atoms with Crippen molar-refractivity contribution in [3.8, 4) is 23.0 Å². The van der Waals surface area contributed by atoms with Gasteiger partial charge in [0.05, 0.1) is 6.42 Å². The van der Waals surface area contributed by atoms with Crippen LogP contribution in [0.5, 0.6) is 23.0 Å². The number of hydrogen-bond donors (Lipinski definition) is 1. The molecule has 0 bridgehead atoms. The Morgan fingerprint density at radius 3 is 2.00 bits per heavy atom. The summed E-state index contributed by atoms with van der Waals surface area (Å²) in [6.07, 6.45) is 2.42. The van der Waals surface area contributed by atoms with Gasteiger partial charge in [0.25, 0.3) is 0 Å². The lowest BCUT2D eigenvalue weighted by Crippen LogP contribution is -2.30. The Kier molecular flexibility index (Phi) is 6.00. The van der Waals surface area contributed by atoms with Gasteiger partial charge < -0.3 is 29.1 Å². The number of ketones is 1. The third-order valence-corrected chi connectivity index (χ3v) is 6.36. The van der Waals surface area contributed by atoms with Crippen LogP contribution in [0.15, 0.2) is 36.4 Å². The minimum atomic E-state index is -0.590. The summed E-state index contributed by atoms with van der Waals surface area (Å²) in [6.45, 7) is 2.68. The first-order valence-corrected chi connectivity index (χ1v) is 11.6. The van der Waals surface area contributed by atoms with Crippen LogP contribution in [0.1, 0.15) is 54.1 Å². The summed E-state index contributed by atoms with van der Waals surface area (Å²) < 4.78 is 16.8. The fourth-order valence-electron chi connectivity index (χ4n) is 4.54. The van der Waals surface area contributed by atoms with Crippen molar-refractivity contribution in [1.29, 1.82) is 0 Å². The van der Waals surface area contributed by atoms with Crippen molar-refractivity contribution >= 4 is 18.0 Å². The lowest BCUT2D eigenvalue weighted by Gasteiger charge is -2.26. The Labute approximate surface area is 196 Å². The number of benzene rings is 2. The highest BCUT2D eigenvalue weighted by Gasteiger charge is 2.32. The molecule has 3 aliphatic rings. The van der Waals surface area contributed by atoms with Gasteiger partial charge in [-0.3, -0.25) is 4.79 Å². The fraction of sp³-hybridized carbons (Fsp3) is 0.400. The number of fused-ring (bicyclic) bond motifs is 1. The Morgan fingerprint density at radius 2 is 1.41 bits per heavy atom. The number of aromatic hydroxyl groups is 1. The second-order valence-corrected chi connectivity index (χ2v) is 8.74. The highest BCUT2D eigenvalue weighted by Crippen LogP contribution is 2.42. The molecule has 5 rings (SSSR count). The smallest absolute Gasteiger partial charge is 0.415 e. The number of hydrogen-bond acceptors (Lipinski definition) is 7. The number of likely N-dealkylation sites (tertiary alicyclic amines) is 2. The number of nitrogens with zero attached hydrogens (tertiary/aromatic N) is 2. The molecular weight excluding hydrogens is 440 g/mol. The van der Waals surface area contributed by atoms with Crippen molar-refractivity contribution < 1.29 is 33.7 Å². The zero-order valence-electron chi connectivity index (χ0n) is 18.7. The Bertz CT molecular complexity index is 1100. The molecule has 0 aliphatic carbocycles. The van der Waals surface area contributed by atoms with Gasteiger partial charge in [-0.1, -0.05) is 12.1 Å². The van der Waals surface area contributed by atoms with Gasteiger partial charge in [0.15, 0.2) is 5.78 Å². The molecule has 0 spiro atoms. The number of rotatable bonds is 3. The van der Waals surface area contributed by atoms with E-state index < -0.39 is 12.2 Å². The number of phenolic OH excluding ortho intramolecular Hbond substituents is 1. The quantitative estimate of drug-likeness (QED) is 0.719. The molecule has 9 nitrogen and oxygen atoms in total. The molecule has 2 aromatic rings. The predicted octanol–water partition coefficient (Wildman–Crippen LogP) is 4.29. The topological polar surface area (TPSA) is 106 Å². The largest absolute Gasteiger partial charge is 0.507 e. The van der Waals surface area contributed by atoms with E-state index >= 15 is 0 Å². The predicted molar refractivity (Wildman–Crippen MR) is 121 cm³/mol. The van der Waals surface area contributed by atoms with Crippen LogP contribution in [-0.2, 0) is 0 Å². The Balaban J connectivity index is 1.29. The molecule has 2 amide bonds. The SMILES string of the molecule is O=C1CC(c2ccc(OC(=O)N3CCCC3)cc2)Oc2cc(OC(=O)N3CCCC3)cc(O)c21. The van der Waals surface area contributed by atoms with Crippen molar-refractivity contribution in [2.75, 3.05) is 26.2 Å². The highest BCUT2D eigenvalue weighted by atomic mass is 16.6. The molecule has 0 radical (unpaired) electrons. The second-order valence-electron chi connectivity index (χ2n) is 8.74. The number of carbonyl (C=O) groups is 3. The number of amides is 2. The lowest BCUT2D eigenvalue weighted by atomic mass is 9.95. The van der Waals surface area contributed by atoms with Crippen LogP contribution in [0.3, 0.4) is 0 Å². The number of phenols is 1. The summed E-state index contributed by atoms with van der Waals surface area (Å²) in [4.78, 5) is 40.5. The first-order chi connectivity index (χ1) is 16.5. The maximum absolute atomic E-state index is 12.8. The summed E-state index contributed by atoms with van der Waals surface area (Å²) in [5.74, 6) is 0.137. The van der Waals surface area contributed by atoms with Crippen LogP contribution in [0.4, 0.5) is 9.59 Å². The molecule has 2 fully saturated rings. The van der Waals surface area contributed by atoms with Crippen molar-refractivity contribution in [2.45, 2.75) is 38.2 Å². The average molecular weight is 466 g/mol. The molecule has 2 saturated heterocycles. The van der Waals surface area contributed by atoms with Gasteiger partial charge in [0.2, 0.25) is 0 Å². The van der Waals surface area contributed by atoms with Gasteiger partial charge in [-0.15, -0.1) is 0 Å². The van der Waals surface area contributed by atoms with Crippen molar-refractivity contribution in [3.05, 3.63) is 47.5 Å². The van der Waals surface area contributed by atoms with Gasteiger partial charge in [0, 0.05) is 38.3 Å². The molecule has 2 aromatic carbocycles. The van der Waals surface area contributed by atoms with Crippen molar-refractivity contribution in [3.63, 3.8) is 0 Å². The zero-order valence-corrected chi connectivity index (χ0v) is 18.7. The Hall–Kier alpha value is -3.75. The third-order valence-electron chi connectivity index (χ3n) is 6.36. The zero-order chi connectivity index (χ0) is 23.7. The van der Waals surface area contributed by atoms with E-state index in [4.69, 9.17) is 14.2 Å². The standard InChI is InChI=1S/C25H26N2O7/c28-19-13-18(33-25(31)27-11-3-4-12-27)14-22-23(19)20(29)15-21(34-22)16-5-7-17(8-6-16)32-24(30)26-9-1-2-10-26/h5-8,13-14,21,28H,1-4,9-12,15H2. The van der Waals surface area contributed by atoms with Crippen molar-refractivity contribution in [2.24, 2.45) is 0 Å². The Morgan fingerprint density at radius 1 is 0.853 bits per heavy atom. The maximum atomic E-state index is 12.8. The molecule has 1 unspecified atom stereocenters. The number of ether oxygens (including phenoxy) is 3. The van der Waals surface area contributed by atoms with E-state index in [1.165, 1.54) is 12.1 Å². The van der Waals surface area contributed by atoms with E-state index in [2.05, 4.69) is 0 Å². The van der Waals surface area contributed by atoms with Crippen LogP contribution in [-0.4, -0.2) is 59.1 Å². The monoisotopic (exact) mass is 466 g/mol. The minimum absolute atomic E-state index is 0.0420. The van der Waals surface area contributed by atoms with Gasteiger partial charge in [-0.05, 0) is 43.4 Å².